The van der Waals surface area contributed by atoms with Gasteiger partial charge in [0, 0.05) is 17.7 Å². The molecule has 2 N–H and O–H groups in total. The molecule has 0 unspecified atom stereocenters. The zero-order valence-corrected chi connectivity index (χ0v) is 18.9. The van der Waals surface area contributed by atoms with Crippen LogP contribution in [-0.2, 0) is 0 Å². The van der Waals surface area contributed by atoms with Crippen LogP contribution in [0.1, 0.15) is 46.6 Å². The number of benzene rings is 2. The maximum absolute atomic E-state index is 13.3. The minimum absolute atomic E-state index is 0.106. The molecular weight excluding hydrogens is 410 g/mol. The molecule has 32 heavy (non-hydrogen) atoms. The Bertz CT molecular complexity index is 1150. The van der Waals surface area contributed by atoms with Gasteiger partial charge in [-0.2, -0.15) is 5.10 Å². The number of aromatic amines is 1. The topological polar surface area (TPSA) is 96.9 Å². The molecule has 0 spiro atoms. The normalized spacial score (nSPS) is 15.1. The Morgan fingerprint density at radius 1 is 1.09 bits per heavy atom. The maximum atomic E-state index is 13.3. The summed E-state index contributed by atoms with van der Waals surface area (Å²) < 4.78 is 16.6. The van der Waals surface area contributed by atoms with E-state index in [1.807, 2.05) is 38.1 Å². The van der Waals surface area contributed by atoms with Gasteiger partial charge in [0.2, 0.25) is 5.75 Å². The van der Waals surface area contributed by atoms with Crippen LogP contribution in [0.15, 0.2) is 30.3 Å². The van der Waals surface area contributed by atoms with E-state index in [-0.39, 0.29) is 11.7 Å². The summed E-state index contributed by atoms with van der Waals surface area (Å²) in [6.45, 7) is 4.53. The van der Waals surface area contributed by atoms with Crippen LogP contribution >= 0.6 is 0 Å². The number of aromatic nitrogens is 2. The molecule has 1 amide bonds. The van der Waals surface area contributed by atoms with Gasteiger partial charge in [0.15, 0.2) is 11.5 Å². The molecule has 4 rings (SSSR count). The van der Waals surface area contributed by atoms with Crippen molar-refractivity contribution in [2.24, 2.45) is 0 Å². The molecule has 0 saturated heterocycles. The fourth-order valence-electron chi connectivity index (χ4n) is 4.32. The van der Waals surface area contributed by atoms with Crippen LogP contribution in [0, 0.1) is 6.92 Å². The summed E-state index contributed by atoms with van der Waals surface area (Å²) in [7, 11) is 4.67. The minimum Gasteiger partial charge on any atom is -0.507 e. The maximum Gasteiger partial charge on any atom is 0.273 e. The number of aromatic hydroxyl groups is 1. The highest BCUT2D eigenvalue weighted by molar-refractivity contribution is 6.00. The Kier molecular flexibility index (Phi) is 5.69. The van der Waals surface area contributed by atoms with E-state index < -0.39 is 6.04 Å². The Hall–Kier alpha value is -3.68. The highest BCUT2D eigenvalue weighted by Gasteiger charge is 2.42. The molecule has 0 bridgehead atoms. The average Bonchev–Trinajstić information content (AvgIpc) is 3.34. The molecule has 1 aliphatic rings. The van der Waals surface area contributed by atoms with Crippen LogP contribution in [-0.4, -0.2) is 54.0 Å². The largest absolute Gasteiger partial charge is 0.507 e. The third-order valence-electron chi connectivity index (χ3n) is 5.74. The summed E-state index contributed by atoms with van der Waals surface area (Å²) in [6, 6.07) is 8.61. The summed E-state index contributed by atoms with van der Waals surface area (Å²) in [6.07, 6.45) is 0.787. The molecule has 8 nitrogen and oxygen atoms in total. The predicted molar refractivity (Wildman–Crippen MR) is 120 cm³/mol. The summed E-state index contributed by atoms with van der Waals surface area (Å²) in [5.41, 5.74) is 4.05. The fraction of sp³-hybridized carbons (Fsp3) is 0.333. The number of nitrogens with zero attached hydrogens (tertiary/aromatic N) is 2. The lowest BCUT2D eigenvalue weighted by Gasteiger charge is -2.27. The number of rotatable bonds is 7. The summed E-state index contributed by atoms with van der Waals surface area (Å²) in [4.78, 5) is 15.1. The van der Waals surface area contributed by atoms with Crippen molar-refractivity contribution in [3.05, 3.63) is 52.7 Å². The lowest BCUT2D eigenvalue weighted by molar-refractivity contribution is 0.0743. The quantitative estimate of drug-likeness (QED) is 0.578. The van der Waals surface area contributed by atoms with Gasteiger partial charge in [0.1, 0.15) is 17.1 Å². The van der Waals surface area contributed by atoms with Crippen molar-refractivity contribution in [3.63, 3.8) is 0 Å². The Balaban J connectivity index is 1.96. The van der Waals surface area contributed by atoms with Crippen LogP contribution in [0.25, 0.3) is 11.3 Å². The molecule has 1 atom stereocenters. The highest BCUT2D eigenvalue weighted by Crippen LogP contribution is 2.48. The number of carbonyl (C=O) groups is 1. The first-order chi connectivity index (χ1) is 15.4. The zero-order valence-electron chi connectivity index (χ0n) is 18.9. The van der Waals surface area contributed by atoms with Gasteiger partial charge in [-0.05, 0) is 43.2 Å². The smallest absolute Gasteiger partial charge is 0.273 e. The van der Waals surface area contributed by atoms with Crippen LogP contribution in [0.3, 0.4) is 0 Å². The molecular formula is C24H27N3O5. The van der Waals surface area contributed by atoms with E-state index in [1.165, 1.54) is 0 Å². The number of ether oxygens (including phenoxy) is 3. The monoisotopic (exact) mass is 437 g/mol. The van der Waals surface area contributed by atoms with E-state index in [0.717, 1.165) is 23.1 Å². The molecule has 8 heteroatoms. The van der Waals surface area contributed by atoms with Gasteiger partial charge in [-0.15, -0.1) is 0 Å². The second-order valence-corrected chi connectivity index (χ2v) is 7.74. The average molecular weight is 437 g/mol. The second-order valence-electron chi connectivity index (χ2n) is 7.74. The van der Waals surface area contributed by atoms with Crippen molar-refractivity contribution in [1.82, 2.24) is 15.1 Å². The summed E-state index contributed by atoms with van der Waals surface area (Å²) in [5.74, 6) is 1.46. The van der Waals surface area contributed by atoms with Crippen LogP contribution < -0.4 is 14.2 Å². The van der Waals surface area contributed by atoms with E-state index in [2.05, 4.69) is 10.2 Å². The number of carbonyl (C=O) groups excluding carboxylic acids is 1. The van der Waals surface area contributed by atoms with Gasteiger partial charge in [0.25, 0.3) is 5.91 Å². The van der Waals surface area contributed by atoms with Gasteiger partial charge in [-0.25, -0.2) is 0 Å². The Morgan fingerprint density at radius 2 is 1.78 bits per heavy atom. The molecule has 2 aromatic carbocycles. The first-order valence-electron chi connectivity index (χ1n) is 10.4. The fourth-order valence-corrected chi connectivity index (χ4v) is 4.32. The van der Waals surface area contributed by atoms with Gasteiger partial charge in [0.05, 0.1) is 27.4 Å². The van der Waals surface area contributed by atoms with Crippen molar-refractivity contribution in [3.8, 4) is 34.3 Å². The number of fused-ring (bicyclic) bond motifs is 1. The Morgan fingerprint density at radius 3 is 2.38 bits per heavy atom. The van der Waals surface area contributed by atoms with Crippen molar-refractivity contribution < 1.29 is 24.1 Å². The number of aryl methyl sites for hydroxylation is 1. The lowest BCUT2D eigenvalue weighted by atomic mass is 9.94. The van der Waals surface area contributed by atoms with E-state index in [9.17, 15) is 9.90 Å². The number of hydrogen-bond acceptors (Lipinski definition) is 6. The lowest BCUT2D eigenvalue weighted by Crippen LogP contribution is -2.30. The number of hydrogen-bond donors (Lipinski definition) is 2. The number of amides is 1. The number of phenols is 1. The van der Waals surface area contributed by atoms with Crippen LogP contribution in [0.2, 0.25) is 0 Å². The number of methoxy groups -OCH3 is 3. The van der Waals surface area contributed by atoms with Crippen molar-refractivity contribution in [2.45, 2.75) is 26.3 Å². The molecule has 0 saturated carbocycles. The molecule has 0 aliphatic carbocycles. The van der Waals surface area contributed by atoms with Crippen LogP contribution in [0.4, 0.5) is 0 Å². The number of H-pyrrole nitrogens is 1. The van der Waals surface area contributed by atoms with E-state index >= 15 is 0 Å². The van der Waals surface area contributed by atoms with Gasteiger partial charge >= 0.3 is 0 Å². The number of nitrogens with one attached hydrogen (secondary N) is 1. The Labute approximate surface area is 186 Å². The first kappa shape index (κ1) is 21.5. The minimum atomic E-state index is -0.431. The van der Waals surface area contributed by atoms with Crippen molar-refractivity contribution >= 4 is 5.91 Å². The summed E-state index contributed by atoms with van der Waals surface area (Å²) >= 11 is 0. The standard InChI is InChI=1S/C24H27N3O5/c1-6-9-27-22(14-11-17(30-3)23(32-5)18(12-14)31-4)19-20(25-26-21(19)24(27)29)15-10-13(2)7-8-16(15)28/h7-8,10-12,22,28H,6,9H2,1-5H3,(H,25,26)/t22-/m0/s1. The number of phenolic OH excluding ortho intramolecular Hbond substituents is 1. The first-order valence-corrected chi connectivity index (χ1v) is 10.4. The molecule has 1 aromatic heterocycles. The zero-order chi connectivity index (χ0) is 23.0. The molecule has 0 radical (unpaired) electrons. The third kappa shape index (κ3) is 3.32. The van der Waals surface area contributed by atoms with Gasteiger partial charge < -0.3 is 24.2 Å². The molecule has 0 fully saturated rings. The predicted octanol–water partition coefficient (Wildman–Crippen LogP) is 4.07. The van der Waals surface area contributed by atoms with Gasteiger partial charge in [-0.3, -0.25) is 9.89 Å². The molecule has 1 aliphatic heterocycles. The van der Waals surface area contributed by atoms with Crippen LogP contribution in [0.5, 0.6) is 23.0 Å². The molecule has 3 aromatic rings. The van der Waals surface area contributed by atoms with Crippen molar-refractivity contribution in [2.75, 3.05) is 27.9 Å². The van der Waals surface area contributed by atoms with E-state index in [4.69, 9.17) is 14.2 Å². The highest BCUT2D eigenvalue weighted by atomic mass is 16.5. The molecule has 2 heterocycles. The summed E-state index contributed by atoms with van der Waals surface area (Å²) in [5, 5.41) is 17.9. The van der Waals surface area contributed by atoms with Crippen molar-refractivity contribution in [1.29, 1.82) is 0 Å². The van der Waals surface area contributed by atoms with Gasteiger partial charge in [-0.1, -0.05) is 18.6 Å². The molecule has 168 valence electrons. The second kappa shape index (κ2) is 8.45. The van der Waals surface area contributed by atoms with E-state index in [1.54, 1.807) is 32.3 Å². The third-order valence-corrected chi connectivity index (χ3v) is 5.74. The SMILES string of the molecule is CCCN1C(=O)c2[nH]nc(-c3cc(C)ccc3O)c2[C@@H]1c1cc(OC)c(OC)c(OC)c1. The van der Waals surface area contributed by atoms with E-state index in [0.29, 0.717) is 40.7 Å².